The first kappa shape index (κ1) is 20.7. The summed E-state index contributed by atoms with van der Waals surface area (Å²) in [5.41, 5.74) is 1.75. The Hall–Kier alpha value is -1.98. The Morgan fingerprint density at radius 1 is 1.29 bits per heavy atom. The number of carbonyl (C=O) groups excluding carboxylic acids is 3. The Bertz CT molecular complexity index is 1070. The topological polar surface area (TPSA) is 119 Å². The third-order valence-electron chi connectivity index (χ3n) is 3.60. The first-order valence-electron chi connectivity index (χ1n) is 7.67. The van der Waals surface area contributed by atoms with Gasteiger partial charge in [0.2, 0.25) is 0 Å². The van der Waals surface area contributed by atoms with Crippen LogP contribution in [0.5, 0.6) is 0 Å². The molecular weight excluding hydrogens is 413 g/mol. The van der Waals surface area contributed by atoms with E-state index < -0.39 is 23.7 Å². The molecule has 1 aliphatic rings. The summed E-state index contributed by atoms with van der Waals surface area (Å²) in [6, 6.07) is 11.0. The largest absolute Gasteiger partial charge is 1.00 e. The van der Waals surface area contributed by atoms with Gasteiger partial charge in [-0.3, -0.25) is 14.5 Å². The van der Waals surface area contributed by atoms with Gasteiger partial charge in [0.05, 0.1) is 28.5 Å². The molecule has 0 atom stereocenters. The van der Waals surface area contributed by atoms with E-state index in [2.05, 4.69) is 9.97 Å². The van der Waals surface area contributed by atoms with Crippen molar-refractivity contribution in [3.63, 3.8) is 0 Å². The number of carboxylic acid groups (broad SMARTS) is 1. The fourth-order valence-corrected chi connectivity index (χ4v) is 4.02. The molecule has 3 heterocycles. The number of para-hydroxylation sites is 2. The molecule has 0 radical (unpaired) electrons. The third-order valence-corrected chi connectivity index (χ3v) is 5.32. The summed E-state index contributed by atoms with van der Waals surface area (Å²) in [6.07, 6.45) is 1.41. The number of H-pyrrole nitrogens is 1. The van der Waals surface area contributed by atoms with E-state index in [0.29, 0.717) is 32.7 Å². The van der Waals surface area contributed by atoms with E-state index in [-0.39, 0.29) is 34.5 Å². The summed E-state index contributed by atoms with van der Waals surface area (Å²) < 4.78 is 5.65. The van der Waals surface area contributed by atoms with Crippen molar-refractivity contribution in [3.8, 4) is 0 Å². The molecule has 136 valence electrons. The van der Waals surface area contributed by atoms with Crippen LogP contribution < -0.4 is 34.7 Å². The monoisotopic (exact) mass is 423 g/mol. The number of furan rings is 1. The van der Waals surface area contributed by atoms with Gasteiger partial charge in [-0.15, -0.1) is 0 Å². The first-order valence-corrected chi connectivity index (χ1v) is 9.30. The number of aromatic nitrogens is 2. The molecule has 2 aromatic heterocycles. The van der Waals surface area contributed by atoms with Gasteiger partial charge >= 0.3 is 29.6 Å². The number of rotatable bonds is 5. The SMILES string of the molecule is O=C([O-])CN1C(=O)S/C(=C\c2ccc(Sc3nc4ccccc4[nH]3)o2)C1=O.[Na+]. The summed E-state index contributed by atoms with van der Waals surface area (Å²) in [7, 11) is 0. The van der Waals surface area contributed by atoms with Crippen LogP contribution in [0.25, 0.3) is 17.1 Å². The van der Waals surface area contributed by atoms with Crippen molar-refractivity contribution >= 4 is 57.7 Å². The number of nitrogens with zero attached hydrogens (tertiary/aromatic N) is 2. The quantitative estimate of drug-likeness (QED) is 0.414. The maximum Gasteiger partial charge on any atom is 1.00 e. The van der Waals surface area contributed by atoms with E-state index in [1.807, 2.05) is 24.3 Å². The van der Waals surface area contributed by atoms with Crippen LogP contribution in [0.3, 0.4) is 0 Å². The molecule has 0 bridgehead atoms. The number of imide groups is 1. The van der Waals surface area contributed by atoms with E-state index in [0.717, 1.165) is 11.0 Å². The predicted molar refractivity (Wildman–Crippen MR) is 96.6 cm³/mol. The summed E-state index contributed by atoms with van der Waals surface area (Å²) in [4.78, 5) is 42.8. The van der Waals surface area contributed by atoms with Crippen LogP contribution in [0.2, 0.25) is 0 Å². The van der Waals surface area contributed by atoms with Crippen LogP contribution in [-0.4, -0.2) is 38.5 Å². The zero-order valence-corrected chi connectivity index (χ0v) is 18.1. The second-order valence-corrected chi connectivity index (χ2v) is 7.44. The molecule has 1 aromatic carbocycles. The van der Waals surface area contributed by atoms with Gasteiger partial charge in [-0.2, -0.15) is 0 Å². The second-order valence-electron chi connectivity index (χ2n) is 5.46. The van der Waals surface area contributed by atoms with Crippen LogP contribution >= 0.6 is 23.5 Å². The Morgan fingerprint density at radius 2 is 2.07 bits per heavy atom. The molecule has 0 spiro atoms. The van der Waals surface area contributed by atoms with Gasteiger partial charge in [0.25, 0.3) is 11.1 Å². The molecule has 1 saturated heterocycles. The van der Waals surface area contributed by atoms with Crippen LogP contribution in [0, 0.1) is 0 Å². The minimum absolute atomic E-state index is 0. The molecule has 11 heteroatoms. The number of hydrogen-bond acceptors (Lipinski definition) is 8. The minimum atomic E-state index is -1.50. The fraction of sp³-hybridized carbons (Fsp3) is 0.0588. The number of thioether (sulfide) groups is 1. The van der Waals surface area contributed by atoms with E-state index in [9.17, 15) is 19.5 Å². The number of hydrogen-bond donors (Lipinski definition) is 1. The molecule has 28 heavy (non-hydrogen) atoms. The van der Waals surface area contributed by atoms with Crippen LogP contribution in [-0.2, 0) is 9.59 Å². The molecule has 0 saturated carbocycles. The molecule has 0 unspecified atom stereocenters. The van der Waals surface area contributed by atoms with Crippen molar-refractivity contribution in [1.29, 1.82) is 0 Å². The Kier molecular flexibility index (Phi) is 6.36. The summed E-state index contributed by atoms with van der Waals surface area (Å²) in [6.45, 7) is -0.771. The van der Waals surface area contributed by atoms with Crippen LogP contribution in [0.15, 0.2) is 56.0 Å². The third kappa shape index (κ3) is 4.36. The Balaban J connectivity index is 0.00000225. The predicted octanol–water partition coefficient (Wildman–Crippen LogP) is -0.903. The average Bonchev–Trinajstić information content (AvgIpc) is 3.30. The molecule has 0 aliphatic carbocycles. The molecule has 2 amide bonds. The second kappa shape index (κ2) is 8.58. The van der Waals surface area contributed by atoms with Gasteiger partial charge in [0.1, 0.15) is 5.76 Å². The van der Waals surface area contributed by atoms with Crippen molar-refractivity contribution in [1.82, 2.24) is 14.9 Å². The summed E-state index contributed by atoms with van der Waals surface area (Å²) >= 11 is 1.94. The van der Waals surface area contributed by atoms with Crippen LogP contribution in [0.1, 0.15) is 5.76 Å². The smallest absolute Gasteiger partial charge is 0.548 e. The minimum Gasteiger partial charge on any atom is -0.548 e. The number of aliphatic carboxylic acids is 1. The van der Waals surface area contributed by atoms with Crippen molar-refractivity contribution < 1.29 is 53.5 Å². The Labute approximate surface area is 189 Å². The standard InChI is InChI=1S/C17H11N3O5S2.Na/c21-13(22)8-20-15(23)12(26-17(20)24)7-9-5-6-14(25-9)27-16-18-10-3-1-2-4-11(10)19-16;/h1-7H,8H2,(H,18,19)(H,21,22);/q;+1/p-1/b12-7-;. The van der Waals surface area contributed by atoms with E-state index in [1.165, 1.54) is 17.8 Å². The molecule has 3 aromatic rings. The zero-order chi connectivity index (χ0) is 19.0. The van der Waals surface area contributed by atoms with Crippen LogP contribution in [0.4, 0.5) is 4.79 Å². The first-order chi connectivity index (χ1) is 13.0. The van der Waals surface area contributed by atoms with Crippen molar-refractivity contribution in [2.75, 3.05) is 6.54 Å². The number of fused-ring (bicyclic) bond motifs is 1. The fourth-order valence-electron chi connectivity index (χ4n) is 2.43. The van der Waals surface area contributed by atoms with E-state index in [1.54, 1.807) is 12.1 Å². The van der Waals surface area contributed by atoms with Gasteiger partial charge in [0, 0.05) is 6.08 Å². The van der Waals surface area contributed by atoms with Crippen molar-refractivity contribution in [2.24, 2.45) is 0 Å². The summed E-state index contributed by atoms with van der Waals surface area (Å²) in [5, 5.41) is 11.2. The molecule has 4 rings (SSSR count). The molecule has 1 N–H and O–H groups in total. The molecule has 1 fully saturated rings. The van der Waals surface area contributed by atoms with E-state index in [4.69, 9.17) is 4.42 Å². The van der Waals surface area contributed by atoms with Gasteiger partial charge in [-0.1, -0.05) is 12.1 Å². The number of carbonyl (C=O) groups is 3. The average molecular weight is 423 g/mol. The van der Waals surface area contributed by atoms with Crippen molar-refractivity contribution in [3.05, 3.63) is 47.1 Å². The van der Waals surface area contributed by atoms with E-state index >= 15 is 0 Å². The van der Waals surface area contributed by atoms with Crippen molar-refractivity contribution in [2.45, 2.75) is 10.2 Å². The summed E-state index contributed by atoms with van der Waals surface area (Å²) in [5.74, 6) is -1.81. The van der Waals surface area contributed by atoms with Gasteiger partial charge < -0.3 is 19.3 Å². The molecule has 8 nitrogen and oxygen atoms in total. The maximum absolute atomic E-state index is 12.1. The number of nitrogens with one attached hydrogen (secondary N) is 1. The zero-order valence-electron chi connectivity index (χ0n) is 14.5. The Morgan fingerprint density at radius 3 is 2.82 bits per heavy atom. The van der Waals surface area contributed by atoms with Gasteiger partial charge in [0.15, 0.2) is 10.2 Å². The molecule has 1 aliphatic heterocycles. The molecular formula is C17H10N3NaO5S2. The normalized spacial score (nSPS) is 15.4. The number of aromatic amines is 1. The number of imidazole rings is 1. The maximum atomic E-state index is 12.1. The number of carboxylic acids is 1. The number of benzene rings is 1. The van der Waals surface area contributed by atoms with Gasteiger partial charge in [-0.05, 0) is 47.8 Å². The van der Waals surface area contributed by atoms with Gasteiger partial charge in [-0.25, -0.2) is 4.98 Å². The number of amides is 2.